The number of hydrogen-bond donors (Lipinski definition) is 1. The third-order valence-corrected chi connectivity index (χ3v) is 5.98. The maximum Gasteiger partial charge on any atom is 0.348 e. The molecule has 4 rings (SSSR count). The van der Waals surface area contributed by atoms with Crippen molar-refractivity contribution in [2.24, 2.45) is 7.05 Å². The van der Waals surface area contributed by atoms with Gasteiger partial charge in [0.15, 0.2) is 0 Å². The number of imidazole rings is 1. The first kappa shape index (κ1) is 19.0. The van der Waals surface area contributed by atoms with Crippen molar-refractivity contribution >= 4 is 40.1 Å². The molecule has 1 aromatic carbocycles. The minimum absolute atomic E-state index is 0.250. The second-order valence-electron chi connectivity index (χ2n) is 7.45. The highest BCUT2D eigenvalue weighted by Gasteiger charge is 2.32. The van der Waals surface area contributed by atoms with Crippen LogP contribution in [0.25, 0.3) is 11.0 Å². The zero-order valence-corrected chi connectivity index (χ0v) is 16.8. The number of benzene rings is 1. The number of halogens is 1. The van der Waals surface area contributed by atoms with Gasteiger partial charge >= 0.3 is 5.69 Å². The van der Waals surface area contributed by atoms with Gasteiger partial charge in [-0.05, 0) is 38.4 Å². The molecule has 2 aliphatic heterocycles. The van der Waals surface area contributed by atoms with Crippen LogP contribution in [0, 0.1) is 0 Å². The van der Waals surface area contributed by atoms with E-state index in [1.165, 1.54) is 9.24 Å². The Morgan fingerprint density at radius 3 is 2.32 bits per heavy atom. The molecule has 150 valence electrons. The Hall–Kier alpha value is -2.32. The average molecular weight is 406 g/mol. The molecule has 3 heterocycles. The number of nitrogens with one attached hydrogen (secondary N) is 1. The van der Waals surface area contributed by atoms with Gasteiger partial charge in [0.25, 0.3) is 0 Å². The number of fused-ring (bicyclic) bond motifs is 1. The highest BCUT2D eigenvalue weighted by molar-refractivity contribution is 6.31. The van der Waals surface area contributed by atoms with Crippen molar-refractivity contribution in [1.82, 2.24) is 14.6 Å². The summed E-state index contributed by atoms with van der Waals surface area (Å²) in [6.45, 7) is 1.67. The molecule has 0 bridgehead atoms. The third-order valence-electron chi connectivity index (χ3n) is 5.76. The van der Waals surface area contributed by atoms with Crippen LogP contribution >= 0.6 is 11.6 Å². The summed E-state index contributed by atoms with van der Waals surface area (Å²) in [6, 6.07) is 3.98. The zero-order chi connectivity index (χ0) is 20.0. The van der Waals surface area contributed by atoms with E-state index in [1.54, 1.807) is 13.1 Å². The van der Waals surface area contributed by atoms with Gasteiger partial charge in [-0.15, -0.1) is 0 Å². The number of nitrogens with zero attached hydrogens (tertiary/aromatic N) is 4. The largest absolute Gasteiger partial charge is 0.370 e. The molecule has 2 fully saturated rings. The van der Waals surface area contributed by atoms with Gasteiger partial charge < -0.3 is 10.2 Å². The van der Waals surface area contributed by atoms with E-state index in [4.69, 9.17) is 11.6 Å². The molecule has 0 radical (unpaired) electrons. The molecular weight excluding hydrogens is 382 g/mol. The van der Waals surface area contributed by atoms with Crippen molar-refractivity contribution in [3.8, 4) is 0 Å². The molecule has 2 saturated heterocycles. The first-order chi connectivity index (χ1) is 13.4. The number of piperidine rings is 2. The number of anilines is 1. The quantitative estimate of drug-likeness (QED) is 0.780. The van der Waals surface area contributed by atoms with Crippen LogP contribution in [0.2, 0.25) is 5.02 Å². The van der Waals surface area contributed by atoms with Crippen LogP contribution in [0.3, 0.4) is 0 Å². The van der Waals surface area contributed by atoms with Crippen molar-refractivity contribution in [1.29, 1.82) is 0 Å². The van der Waals surface area contributed by atoms with Crippen LogP contribution in [-0.4, -0.2) is 47.2 Å². The van der Waals surface area contributed by atoms with Crippen LogP contribution in [0.5, 0.6) is 0 Å². The lowest BCUT2D eigenvalue weighted by molar-refractivity contribution is -0.131. The molecule has 1 aromatic heterocycles. The number of imide groups is 1. The number of amides is 2. The van der Waals surface area contributed by atoms with Gasteiger partial charge in [0.05, 0.1) is 16.7 Å². The Bertz CT molecular complexity index is 987. The summed E-state index contributed by atoms with van der Waals surface area (Å²) in [7, 11) is 3.63. The monoisotopic (exact) mass is 405 g/mol. The van der Waals surface area contributed by atoms with Crippen molar-refractivity contribution in [3.05, 3.63) is 27.6 Å². The van der Waals surface area contributed by atoms with E-state index < -0.39 is 5.69 Å². The average Bonchev–Trinajstić information content (AvgIpc) is 2.92. The van der Waals surface area contributed by atoms with Crippen LogP contribution in [-0.2, 0) is 16.6 Å². The fraction of sp³-hybridized carbons (Fsp3) is 0.526. The Balaban J connectivity index is 1.87. The lowest BCUT2D eigenvalue weighted by atomic mass is 10.0. The summed E-state index contributed by atoms with van der Waals surface area (Å²) >= 11 is 6.39. The van der Waals surface area contributed by atoms with Crippen molar-refractivity contribution in [2.45, 2.75) is 38.1 Å². The zero-order valence-electron chi connectivity index (χ0n) is 16.1. The SMILES string of the molecule is CNC1CCN(c2cc(Cl)cc3c2n(C)c(=O)n3N2C(=O)CCCC2=O)CC1. The van der Waals surface area contributed by atoms with E-state index in [0.717, 1.165) is 36.6 Å². The summed E-state index contributed by atoms with van der Waals surface area (Å²) in [6.07, 6.45) is 2.99. The van der Waals surface area contributed by atoms with Crippen LogP contribution < -0.4 is 20.9 Å². The van der Waals surface area contributed by atoms with Crippen molar-refractivity contribution in [2.75, 3.05) is 30.0 Å². The van der Waals surface area contributed by atoms with Gasteiger partial charge in [-0.2, -0.15) is 9.69 Å². The minimum Gasteiger partial charge on any atom is -0.370 e. The van der Waals surface area contributed by atoms with Gasteiger partial charge in [-0.1, -0.05) is 11.6 Å². The molecule has 0 aliphatic carbocycles. The summed E-state index contributed by atoms with van der Waals surface area (Å²) in [5.74, 6) is -0.718. The molecule has 28 heavy (non-hydrogen) atoms. The fourth-order valence-corrected chi connectivity index (χ4v) is 4.43. The summed E-state index contributed by atoms with van der Waals surface area (Å²) in [5.41, 5.74) is 1.59. The Morgan fingerprint density at radius 2 is 1.71 bits per heavy atom. The van der Waals surface area contributed by atoms with Crippen LogP contribution in [0.4, 0.5) is 5.69 Å². The second kappa shape index (κ2) is 7.25. The van der Waals surface area contributed by atoms with Gasteiger partial charge in [0, 0.05) is 44.0 Å². The van der Waals surface area contributed by atoms with Crippen molar-refractivity contribution in [3.63, 3.8) is 0 Å². The lowest BCUT2D eigenvalue weighted by Crippen LogP contribution is -2.52. The predicted molar refractivity (Wildman–Crippen MR) is 109 cm³/mol. The van der Waals surface area contributed by atoms with Gasteiger partial charge in [0.2, 0.25) is 11.8 Å². The molecular formula is C19H24ClN5O3. The van der Waals surface area contributed by atoms with Crippen LogP contribution in [0.1, 0.15) is 32.1 Å². The molecule has 9 heteroatoms. The molecule has 0 unspecified atom stereocenters. The number of rotatable bonds is 3. The summed E-state index contributed by atoms with van der Waals surface area (Å²) in [4.78, 5) is 40.1. The predicted octanol–water partition coefficient (Wildman–Crippen LogP) is 1.36. The van der Waals surface area contributed by atoms with Crippen LogP contribution in [0.15, 0.2) is 16.9 Å². The van der Waals surface area contributed by atoms with E-state index in [0.29, 0.717) is 28.5 Å². The smallest absolute Gasteiger partial charge is 0.348 e. The minimum atomic E-state index is -0.424. The van der Waals surface area contributed by atoms with Crippen molar-refractivity contribution < 1.29 is 9.59 Å². The van der Waals surface area contributed by atoms with E-state index >= 15 is 0 Å². The summed E-state index contributed by atoms with van der Waals surface area (Å²) < 4.78 is 2.69. The number of hydrogen-bond acceptors (Lipinski definition) is 5. The molecule has 0 saturated carbocycles. The second-order valence-corrected chi connectivity index (χ2v) is 7.89. The highest BCUT2D eigenvalue weighted by Crippen LogP contribution is 2.32. The van der Waals surface area contributed by atoms with Gasteiger partial charge in [0.1, 0.15) is 0 Å². The van der Waals surface area contributed by atoms with E-state index in [-0.39, 0.29) is 24.7 Å². The van der Waals surface area contributed by atoms with E-state index in [9.17, 15) is 14.4 Å². The molecule has 0 spiro atoms. The van der Waals surface area contributed by atoms with E-state index in [2.05, 4.69) is 10.2 Å². The first-order valence-corrected chi connectivity index (χ1v) is 9.99. The number of aromatic nitrogens is 2. The lowest BCUT2D eigenvalue weighted by Gasteiger charge is -2.34. The van der Waals surface area contributed by atoms with Gasteiger partial charge in [-0.25, -0.2) is 4.79 Å². The molecule has 2 amide bonds. The Kier molecular flexibility index (Phi) is 4.93. The maximum absolute atomic E-state index is 13.0. The maximum atomic E-state index is 13.0. The molecule has 8 nitrogen and oxygen atoms in total. The first-order valence-electron chi connectivity index (χ1n) is 9.61. The number of aryl methyl sites for hydroxylation is 1. The fourth-order valence-electron chi connectivity index (χ4n) is 4.22. The molecule has 1 N–H and O–H groups in total. The summed E-state index contributed by atoms with van der Waals surface area (Å²) in [5, 5.41) is 4.76. The topological polar surface area (TPSA) is 79.6 Å². The standard InChI is InChI=1S/C19H24ClN5O3/c1-21-13-6-8-23(9-7-13)14-10-12(20)11-15-18(14)22(2)19(28)24(15)25-16(26)4-3-5-17(25)27/h10-11,13,21H,3-9H2,1-2H3. The number of carbonyl (C=O) groups excluding carboxylic acids is 2. The molecule has 2 aromatic rings. The molecule has 0 atom stereocenters. The van der Waals surface area contributed by atoms with E-state index in [1.807, 2.05) is 13.1 Å². The number of carbonyl (C=O) groups is 2. The molecule has 2 aliphatic rings. The third kappa shape index (κ3) is 3.00. The highest BCUT2D eigenvalue weighted by atomic mass is 35.5. The normalized spacial score (nSPS) is 19.1. The van der Waals surface area contributed by atoms with Gasteiger partial charge in [-0.3, -0.25) is 14.2 Å². The Morgan fingerprint density at radius 1 is 1.07 bits per heavy atom. The Labute approximate surface area is 167 Å².